The molecule has 2 nitrogen and oxygen atoms in total. The van der Waals surface area contributed by atoms with E-state index in [2.05, 4.69) is 28.9 Å². The van der Waals surface area contributed by atoms with Gasteiger partial charge in [0.15, 0.2) is 0 Å². The zero-order chi connectivity index (χ0) is 10.5. The molecule has 1 unspecified atom stereocenters. The minimum absolute atomic E-state index is 0.885. The SMILES string of the molecule is CCSCC1CCCN1C1CCNCC1. The average molecular weight is 228 g/mol. The van der Waals surface area contributed by atoms with Crippen LogP contribution in [0.25, 0.3) is 0 Å². The van der Waals surface area contributed by atoms with Gasteiger partial charge in [-0.15, -0.1) is 0 Å². The van der Waals surface area contributed by atoms with Crippen LogP contribution >= 0.6 is 11.8 Å². The van der Waals surface area contributed by atoms with Crippen LogP contribution in [-0.4, -0.2) is 48.1 Å². The number of nitrogens with one attached hydrogen (secondary N) is 1. The first kappa shape index (κ1) is 11.7. The van der Waals surface area contributed by atoms with Gasteiger partial charge in [0.2, 0.25) is 0 Å². The molecule has 88 valence electrons. The van der Waals surface area contributed by atoms with Crippen LogP contribution in [0.2, 0.25) is 0 Å². The summed E-state index contributed by atoms with van der Waals surface area (Å²) in [6, 6.07) is 1.77. The lowest BCUT2D eigenvalue weighted by Crippen LogP contribution is -2.46. The minimum atomic E-state index is 0.885. The Morgan fingerprint density at radius 1 is 1.27 bits per heavy atom. The first-order valence-electron chi connectivity index (χ1n) is 6.46. The average Bonchev–Trinajstić information content (AvgIpc) is 2.75. The van der Waals surface area contributed by atoms with E-state index >= 15 is 0 Å². The summed E-state index contributed by atoms with van der Waals surface area (Å²) in [5.41, 5.74) is 0. The van der Waals surface area contributed by atoms with Crippen LogP contribution < -0.4 is 5.32 Å². The summed E-state index contributed by atoms with van der Waals surface area (Å²) < 4.78 is 0. The van der Waals surface area contributed by atoms with Crippen molar-refractivity contribution in [3.63, 3.8) is 0 Å². The number of piperidine rings is 1. The van der Waals surface area contributed by atoms with Gasteiger partial charge in [-0.1, -0.05) is 6.92 Å². The fourth-order valence-electron chi connectivity index (χ4n) is 2.91. The third-order valence-electron chi connectivity index (χ3n) is 3.71. The fourth-order valence-corrected chi connectivity index (χ4v) is 3.78. The molecule has 0 aliphatic carbocycles. The number of rotatable bonds is 4. The molecule has 2 aliphatic rings. The monoisotopic (exact) mass is 228 g/mol. The van der Waals surface area contributed by atoms with Gasteiger partial charge in [-0.05, 0) is 51.1 Å². The maximum Gasteiger partial charge on any atom is 0.0189 e. The van der Waals surface area contributed by atoms with Crippen LogP contribution in [-0.2, 0) is 0 Å². The maximum atomic E-state index is 3.46. The highest BCUT2D eigenvalue weighted by Gasteiger charge is 2.30. The van der Waals surface area contributed by atoms with Crippen molar-refractivity contribution in [1.29, 1.82) is 0 Å². The summed E-state index contributed by atoms with van der Waals surface area (Å²) in [6.07, 6.45) is 5.61. The van der Waals surface area contributed by atoms with E-state index < -0.39 is 0 Å². The second-order valence-corrected chi connectivity index (χ2v) is 5.99. The highest BCUT2D eigenvalue weighted by atomic mass is 32.2. The lowest BCUT2D eigenvalue weighted by atomic mass is 10.0. The van der Waals surface area contributed by atoms with Gasteiger partial charge < -0.3 is 5.32 Å². The van der Waals surface area contributed by atoms with E-state index in [0.717, 1.165) is 12.1 Å². The Morgan fingerprint density at radius 2 is 2.07 bits per heavy atom. The summed E-state index contributed by atoms with van der Waals surface area (Å²) in [5, 5.41) is 3.46. The number of hydrogen-bond acceptors (Lipinski definition) is 3. The molecule has 0 aromatic carbocycles. The minimum Gasteiger partial charge on any atom is -0.317 e. The van der Waals surface area contributed by atoms with E-state index in [-0.39, 0.29) is 0 Å². The van der Waals surface area contributed by atoms with Crippen LogP contribution in [0.1, 0.15) is 32.6 Å². The van der Waals surface area contributed by atoms with Crippen molar-refractivity contribution in [3.05, 3.63) is 0 Å². The van der Waals surface area contributed by atoms with Crippen molar-refractivity contribution >= 4 is 11.8 Å². The van der Waals surface area contributed by atoms with Gasteiger partial charge in [-0.2, -0.15) is 11.8 Å². The van der Waals surface area contributed by atoms with Crippen molar-refractivity contribution in [1.82, 2.24) is 10.2 Å². The Morgan fingerprint density at radius 3 is 2.80 bits per heavy atom. The van der Waals surface area contributed by atoms with Crippen molar-refractivity contribution in [3.8, 4) is 0 Å². The largest absolute Gasteiger partial charge is 0.317 e. The van der Waals surface area contributed by atoms with Gasteiger partial charge in [-0.3, -0.25) is 4.90 Å². The molecular formula is C12H24N2S. The Kier molecular flexibility index (Phi) is 4.79. The Balaban J connectivity index is 1.82. The molecule has 2 fully saturated rings. The van der Waals surface area contributed by atoms with Gasteiger partial charge in [-0.25, -0.2) is 0 Å². The molecular weight excluding hydrogens is 204 g/mol. The molecule has 2 heterocycles. The summed E-state index contributed by atoms with van der Waals surface area (Å²) in [4.78, 5) is 2.81. The molecule has 0 aromatic rings. The molecule has 2 rings (SSSR count). The molecule has 0 saturated carbocycles. The van der Waals surface area contributed by atoms with Crippen LogP contribution in [0.5, 0.6) is 0 Å². The van der Waals surface area contributed by atoms with Crippen LogP contribution in [0, 0.1) is 0 Å². The van der Waals surface area contributed by atoms with Crippen LogP contribution in [0.4, 0.5) is 0 Å². The molecule has 1 atom stereocenters. The van der Waals surface area contributed by atoms with Crippen LogP contribution in [0.3, 0.4) is 0 Å². The standard InChI is InChI=1S/C12H24N2S/c1-2-15-10-12-4-3-9-14(12)11-5-7-13-8-6-11/h11-13H,2-10H2,1H3. The second-order valence-electron chi connectivity index (χ2n) is 4.67. The van der Waals surface area contributed by atoms with Gasteiger partial charge >= 0.3 is 0 Å². The van der Waals surface area contributed by atoms with E-state index in [1.54, 1.807) is 0 Å². The lowest BCUT2D eigenvalue weighted by Gasteiger charge is -2.35. The quantitative estimate of drug-likeness (QED) is 0.792. The van der Waals surface area contributed by atoms with E-state index in [1.165, 1.54) is 56.8 Å². The molecule has 0 spiro atoms. The number of hydrogen-bond donors (Lipinski definition) is 1. The van der Waals surface area contributed by atoms with E-state index in [9.17, 15) is 0 Å². The lowest BCUT2D eigenvalue weighted by molar-refractivity contribution is 0.158. The normalized spacial score (nSPS) is 29.8. The van der Waals surface area contributed by atoms with Crippen molar-refractivity contribution in [2.45, 2.75) is 44.7 Å². The molecule has 0 radical (unpaired) electrons. The number of nitrogens with zero attached hydrogens (tertiary/aromatic N) is 1. The molecule has 2 aliphatic heterocycles. The molecule has 2 saturated heterocycles. The number of thioether (sulfide) groups is 1. The predicted octanol–water partition coefficient (Wildman–Crippen LogP) is 1.96. The van der Waals surface area contributed by atoms with Crippen molar-refractivity contribution in [2.75, 3.05) is 31.1 Å². The first-order chi connectivity index (χ1) is 7.42. The topological polar surface area (TPSA) is 15.3 Å². The predicted molar refractivity (Wildman–Crippen MR) is 68.6 cm³/mol. The summed E-state index contributed by atoms with van der Waals surface area (Å²) in [6.45, 7) is 6.09. The zero-order valence-electron chi connectivity index (χ0n) is 9.87. The Bertz CT molecular complexity index is 180. The summed E-state index contributed by atoms with van der Waals surface area (Å²) in [7, 11) is 0. The van der Waals surface area contributed by atoms with E-state index in [0.29, 0.717) is 0 Å². The maximum absolute atomic E-state index is 3.46. The second kappa shape index (κ2) is 6.12. The highest BCUT2D eigenvalue weighted by Crippen LogP contribution is 2.26. The highest BCUT2D eigenvalue weighted by molar-refractivity contribution is 7.99. The van der Waals surface area contributed by atoms with E-state index in [4.69, 9.17) is 0 Å². The smallest absolute Gasteiger partial charge is 0.0189 e. The number of likely N-dealkylation sites (tertiary alicyclic amines) is 1. The zero-order valence-corrected chi connectivity index (χ0v) is 10.7. The van der Waals surface area contributed by atoms with Crippen LogP contribution in [0.15, 0.2) is 0 Å². The third-order valence-corrected chi connectivity index (χ3v) is 4.74. The third kappa shape index (κ3) is 3.11. The fraction of sp³-hybridized carbons (Fsp3) is 1.00. The van der Waals surface area contributed by atoms with Gasteiger partial charge in [0.05, 0.1) is 0 Å². The van der Waals surface area contributed by atoms with Gasteiger partial charge in [0, 0.05) is 17.8 Å². The Hall–Kier alpha value is 0.270. The molecule has 0 amide bonds. The molecule has 1 N–H and O–H groups in total. The van der Waals surface area contributed by atoms with Gasteiger partial charge in [0.1, 0.15) is 0 Å². The van der Waals surface area contributed by atoms with Crippen molar-refractivity contribution in [2.24, 2.45) is 0 Å². The van der Waals surface area contributed by atoms with Gasteiger partial charge in [0.25, 0.3) is 0 Å². The molecule has 0 aromatic heterocycles. The summed E-state index contributed by atoms with van der Waals surface area (Å²) >= 11 is 2.12. The van der Waals surface area contributed by atoms with E-state index in [1.807, 2.05) is 0 Å². The molecule has 3 heteroatoms. The Labute approximate surface area is 98.2 Å². The first-order valence-corrected chi connectivity index (χ1v) is 7.61. The molecule has 0 bridgehead atoms. The summed E-state index contributed by atoms with van der Waals surface area (Å²) in [5.74, 6) is 2.64. The molecule has 15 heavy (non-hydrogen) atoms. The van der Waals surface area contributed by atoms with Crippen molar-refractivity contribution < 1.29 is 0 Å².